The molecule has 0 bridgehead atoms. The van der Waals surface area contributed by atoms with Gasteiger partial charge < -0.3 is 11.1 Å². The number of likely N-dealkylation sites (N-methyl/N-ethyl adjacent to an activating group) is 1. The average molecular weight is 243 g/mol. The number of hydrogen-bond donors (Lipinski definition) is 2. The molecule has 1 atom stereocenters. The second-order valence-corrected chi connectivity index (χ2v) is 4.89. The van der Waals surface area contributed by atoms with E-state index in [-0.39, 0.29) is 11.9 Å². The maximum absolute atomic E-state index is 11.7. The van der Waals surface area contributed by atoms with Gasteiger partial charge in [-0.15, -0.1) is 0 Å². The van der Waals surface area contributed by atoms with Crippen molar-refractivity contribution in [2.75, 3.05) is 13.6 Å². The Morgan fingerprint density at radius 2 is 2.12 bits per heavy atom. The quantitative estimate of drug-likeness (QED) is 0.696. The van der Waals surface area contributed by atoms with Crippen molar-refractivity contribution < 1.29 is 4.79 Å². The minimum absolute atomic E-state index is 0.0307. The summed E-state index contributed by atoms with van der Waals surface area (Å²) in [4.78, 5) is 14.2. The fraction of sp³-hybridized carbons (Fsp3) is 0.818. The molecule has 0 spiro atoms. The lowest BCUT2D eigenvalue weighted by atomic mass is 10.1. The van der Waals surface area contributed by atoms with Gasteiger partial charge in [0, 0.05) is 19.6 Å². The number of thiocarbonyl (C=S) groups is 1. The van der Waals surface area contributed by atoms with E-state index in [0.717, 1.165) is 12.8 Å². The Bertz CT molecular complexity index is 264. The van der Waals surface area contributed by atoms with E-state index in [1.807, 2.05) is 6.92 Å². The molecule has 0 heterocycles. The molecule has 1 unspecified atom stereocenters. The molecule has 0 aliphatic heterocycles. The van der Waals surface area contributed by atoms with E-state index < -0.39 is 0 Å². The molecule has 1 aliphatic rings. The first-order valence-corrected chi connectivity index (χ1v) is 6.22. The predicted molar refractivity (Wildman–Crippen MR) is 69.3 cm³/mol. The van der Waals surface area contributed by atoms with Crippen LogP contribution in [0.15, 0.2) is 0 Å². The monoisotopic (exact) mass is 243 g/mol. The van der Waals surface area contributed by atoms with Crippen LogP contribution in [0.1, 0.15) is 32.6 Å². The highest BCUT2D eigenvalue weighted by atomic mass is 32.1. The number of nitrogens with one attached hydrogen (secondary N) is 1. The van der Waals surface area contributed by atoms with E-state index in [2.05, 4.69) is 10.2 Å². The van der Waals surface area contributed by atoms with Gasteiger partial charge in [0.25, 0.3) is 0 Å². The molecule has 1 amide bonds. The molecule has 1 aliphatic carbocycles. The summed E-state index contributed by atoms with van der Waals surface area (Å²) in [5, 5.41) is 2.68. The fourth-order valence-corrected chi connectivity index (χ4v) is 2.51. The van der Waals surface area contributed by atoms with Crippen LogP contribution >= 0.6 is 12.2 Å². The van der Waals surface area contributed by atoms with Crippen LogP contribution in [0, 0.1) is 0 Å². The minimum atomic E-state index is -0.158. The average Bonchev–Trinajstić information content (AvgIpc) is 2.76. The Morgan fingerprint density at radius 1 is 1.56 bits per heavy atom. The standard InChI is InChI=1S/C11H21N3OS/c1-8(11(15)13-2)14(7-10(12)16)9-5-3-4-6-9/h8-9H,3-7H2,1-2H3,(H2,12,16)(H,13,15). The molecular weight excluding hydrogens is 222 g/mol. The van der Waals surface area contributed by atoms with Crippen molar-refractivity contribution in [3.63, 3.8) is 0 Å². The number of rotatable bonds is 5. The van der Waals surface area contributed by atoms with Gasteiger partial charge in [-0.25, -0.2) is 0 Å². The van der Waals surface area contributed by atoms with Crippen molar-refractivity contribution in [3.05, 3.63) is 0 Å². The van der Waals surface area contributed by atoms with Crippen LogP contribution in [0.5, 0.6) is 0 Å². The van der Waals surface area contributed by atoms with Gasteiger partial charge in [-0.3, -0.25) is 9.69 Å². The maximum atomic E-state index is 11.7. The highest BCUT2D eigenvalue weighted by molar-refractivity contribution is 7.80. The van der Waals surface area contributed by atoms with Crippen molar-refractivity contribution in [3.8, 4) is 0 Å². The first kappa shape index (κ1) is 13.4. The van der Waals surface area contributed by atoms with E-state index in [0.29, 0.717) is 17.6 Å². The summed E-state index contributed by atoms with van der Waals surface area (Å²) in [6, 6.07) is 0.295. The molecule has 0 radical (unpaired) electrons. The minimum Gasteiger partial charge on any atom is -0.392 e. The van der Waals surface area contributed by atoms with Crippen LogP contribution in [0.4, 0.5) is 0 Å². The molecule has 0 aromatic heterocycles. The van der Waals surface area contributed by atoms with Crippen LogP contribution < -0.4 is 11.1 Å². The highest BCUT2D eigenvalue weighted by Gasteiger charge is 2.29. The zero-order valence-electron chi connectivity index (χ0n) is 10.0. The maximum Gasteiger partial charge on any atom is 0.236 e. The van der Waals surface area contributed by atoms with Crippen molar-refractivity contribution in [1.82, 2.24) is 10.2 Å². The zero-order valence-corrected chi connectivity index (χ0v) is 10.8. The van der Waals surface area contributed by atoms with Crippen LogP contribution in [-0.2, 0) is 4.79 Å². The SMILES string of the molecule is CNC(=O)C(C)N(CC(N)=S)C1CCCC1. The second-order valence-electron chi connectivity index (χ2n) is 4.37. The number of carbonyl (C=O) groups is 1. The molecular formula is C11H21N3OS. The number of nitrogens with two attached hydrogens (primary N) is 1. The van der Waals surface area contributed by atoms with Crippen molar-refractivity contribution >= 4 is 23.1 Å². The highest BCUT2D eigenvalue weighted by Crippen LogP contribution is 2.24. The van der Waals surface area contributed by atoms with Crippen molar-refractivity contribution in [2.45, 2.75) is 44.7 Å². The third kappa shape index (κ3) is 3.42. The van der Waals surface area contributed by atoms with Gasteiger partial charge in [-0.05, 0) is 19.8 Å². The summed E-state index contributed by atoms with van der Waals surface area (Å²) < 4.78 is 0. The molecule has 1 saturated carbocycles. The number of nitrogens with zero attached hydrogens (tertiary/aromatic N) is 1. The summed E-state index contributed by atoms with van der Waals surface area (Å²) in [5.74, 6) is 0.0307. The van der Waals surface area contributed by atoms with Gasteiger partial charge in [-0.2, -0.15) is 0 Å². The predicted octanol–water partition coefficient (Wildman–Crippen LogP) is 0.652. The lowest BCUT2D eigenvalue weighted by molar-refractivity contribution is -0.125. The third-order valence-corrected chi connectivity index (χ3v) is 3.38. The van der Waals surface area contributed by atoms with Crippen LogP contribution in [0.3, 0.4) is 0 Å². The van der Waals surface area contributed by atoms with Crippen molar-refractivity contribution in [2.24, 2.45) is 5.73 Å². The summed E-state index contributed by atoms with van der Waals surface area (Å²) in [6.45, 7) is 2.45. The van der Waals surface area contributed by atoms with Gasteiger partial charge in [0.1, 0.15) is 0 Å². The van der Waals surface area contributed by atoms with Crippen LogP contribution in [0.2, 0.25) is 0 Å². The summed E-state index contributed by atoms with van der Waals surface area (Å²) in [6.07, 6.45) is 4.76. The topological polar surface area (TPSA) is 58.4 Å². The largest absolute Gasteiger partial charge is 0.392 e. The fourth-order valence-electron chi connectivity index (χ4n) is 2.36. The van der Waals surface area contributed by atoms with E-state index >= 15 is 0 Å². The molecule has 1 fully saturated rings. The van der Waals surface area contributed by atoms with E-state index in [9.17, 15) is 4.79 Å². The van der Waals surface area contributed by atoms with Gasteiger partial charge >= 0.3 is 0 Å². The first-order valence-electron chi connectivity index (χ1n) is 5.82. The van der Waals surface area contributed by atoms with Gasteiger partial charge in [-0.1, -0.05) is 25.1 Å². The van der Waals surface area contributed by atoms with E-state index in [1.54, 1.807) is 7.05 Å². The summed E-state index contributed by atoms with van der Waals surface area (Å²) >= 11 is 4.95. The Kier molecular flexibility index (Phi) is 5.15. The summed E-state index contributed by atoms with van der Waals surface area (Å²) in [5.41, 5.74) is 5.60. The lowest BCUT2D eigenvalue weighted by Gasteiger charge is -2.32. The third-order valence-electron chi connectivity index (χ3n) is 3.26. The Morgan fingerprint density at radius 3 is 2.56 bits per heavy atom. The molecule has 1 rings (SSSR count). The van der Waals surface area contributed by atoms with Gasteiger partial charge in [0.15, 0.2) is 0 Å². The number of carbonyl (C=O) groups excluding carboxylic acids is 1. The van der Waals surface area contributed by atoms with Gasteiger partial charge in [0.2, 0.25) is 5.91 Å². The van der Waals surface area contributed by atoms with Gasteiger partial charge in [0.05, 0.1) is 11.0 Å². The normalized spacial score (nSPS) is 18.7. The van der Waals surface area contributed by atoms with Crippen molar-refractivity contribution in [1.29, 1.82) is 0 Å². The molecule has 5 heteroatoms. The molecule has 0 aromatic rings. The van der Waals surface area contributed by atoms with E-state index in [4.69, 9.17) is 18.0 Å². The molecule has 3 N–H and O–H groups in total. The molecule has 0 saturated heterocycles. The molecule has 0 aromatic carbocycles. The Hall–Kier alpha value is -0.680. The molecule has 92 valence electrons. The van der Waals surface area contributed by atoms with Crippen LogP contribution in [0.25, 0.3) is 0 Å². The first-order chi connectivity index (χ1) is 7.56. The lowest BCUT2D eigenvalue weighted by Crippen LogP contribution is -2.51. The number of hydrogen-bond acceptors (Lipinski definition) is 3. The summed E-state index contributed by atoms with van der Waals surface area (Å²) in [7, 11) is 1.66. The zero-order chi connectivity index (χ0) is 12.1. The Labute approximate surface area is 103 Å². The second kappa shape index (κ2) is 6.15. The molecule has 16 heavy (non-hydrogen) atoms. The van der Waals surface area contributed by atoms with Crippen LogP contribution in [-0.4, -0.2) is 41.5 Å². The van der Waals surface area contributed by atoms with E-state index in [1.165, 1.54) is 12.8 Å². The Balaban J connectivity index is 2.68. The smallest absolute Gasteiger partial charge is 0.236 e. The molecule has 4 nitrogen and oxygen atoms in total. The number of amides is 1.